The first-order valence-electron chi connectivity index (χ1n) is 7.20. The highest BCUT2D eigenvalue weighted by atomic mass is 32.2. The first-order valence-corrected chi connectivity index (χ1v) is 9.04. The van der Waals surface area contributed by atoms with E-state index in [-0.39, 0.29) is 0 Å². The Balaban J connectivity index is 1.74. The van der Waals surface area contributed by atoms with E-state index in [2.05, 4.69) is 11.2 Å². The molecule has 5 heteroatoms. The van der Waals surface area contributed by atoms with Gasteiger partial charge in [0.2, 0.25) is 10.0 Å². The van der Waals surface area contributed by atoms with Crippen molar-refractivity contribution in [2.75, 3.05) is 19.3 Å². The molecule has 4 nitrogen and oxygen atoms in total. The second-order valence-corrected chi connectivity index (χ2v) is 7.83. The summed E-state index contributed by atoms with van der Waals surface area (Å²) >= 11 is 0. The van der Waals surface area contributed by atoms with E-state index in [1.54, 1.807) is 4.31 Å². The number of hydrogen-bond acceptors (Lipinski definition) is 2. The van der Waals surface area contributed by atoms with Crippen LogP contribution in [0.3, 0.4) is 0 Å². The van der Waals surface area contributed by atoms with Crippen molar-refractivity contribution in [3.63, 3.8) is 0 Å². The van der Waals surface area contributed by atoms with Crippen molar-refractivity contribution >= 4 is 10.0 Å². The lowest BCUT2D eigenvalue weighted by molar-refractivity contribution is 0.320. The molecule has 0 spiro atoms. The molecule has 3 rings (SSSR count). The van der Waals surface area contributed by atoms with E-state index in [1.165, 1.54) is 48.8 Å². The molecular formula is C14H22N2O2S. The molecular weight excluding hydrogens is 260 g/mol. The minimum atomic E-state index is -3.01. The van der Waals surface area contributed by atoms with Gasteiger partial charge < -0.3 is 4.98 Å². The molecule has 1 aliphatic carbocycles. The highest BCUT2D eigenvalue weighted by molar-refractivity contribution is 7.88. The van der Waals surface area contributed by atoms with Crippen LogP contribution in [-0.4, -0.2) is 37.1 Å². The summed E-state index contributed by atoms with van der Waals surface area (Å²) in [7, 11) is -3.01. The number of aryl methyl sites for hydroxylation is 1. The Morgan fingerprint density at radius 2 is 1.89 bits per heavy atom. The van der Waals surface area contributed by atoms with E-state index >= 15 is 0 Å². The topological polar surface area (TPSA) is 53.2 Å². The highest BCUT2D eigenvalue weighted by Crippen LogP contribution is 2.35. The van der Waals surface area contributed by atoms with Gasteiger partial charge in [0.25, 0.3) is 0 Å². The second kappa shape index (κ2) is 4.94. The fourth-order valence-corrected chi connectivity index (χ4v) is 4.37. The number of nitrogens with one attached hydrogen (secondary N) is 1. The molecule has 19 heavy (non-hydrogen) atoms. The van der Waals surface area contributed by atoms with Crippen LogP contribution in [0.1, 0.15) is 48.4 Å². The molecule has 0 saturated carbocycles. The van der Waals surface area contributed by atoms with Gasteiger partial charge in [0.1, 0.15) is 0 Å². The Morgan fingerprint density at radius 3 is 2.58 bits per heavy atom. The van der Waals surface area contributed by atoms with Gasteiger partial charge in [-0.05, 0) is 55.6 Å². The number of piperidine rings is 1. The Kier molecular flexibility index (Phi) is 3.43. The summed E-state index contributed by atoms with van der Waals surface area (Å²) in [5.74, 6) is 0.538. The van der Waals surface area contributed by atoms with E-state index < -0.39 is 10.0 Å². The van der Waals surface area contributed by atoms with Gasteiger partial charge in [0, 0.05) is 25.0 Å². The fourth-order valence-electron chi connectivity index (χ4n) is 3.50. The summed E-state index contributed by atoms with van der Waals surface area (Å²) in [6.07, 6.45) is 10.4. The zero-order valence-electron chi connectivity index (χ0n) is 11.5. The molecule has 1 aliphatic heterocycles. The summed E-state index contributed by atoms with van der Waals surface area (Å²) in [5.41, 5.74) is 4.42. The van der Waals surface area contributed by atoms with Crippen molar-refractivity contribution in [3.05, 3.63) is 23.0 Å². The third-order valence-corrected chi connectivity index (χ3v) is 5.88. The average molecular weight is 282 g/mol. The van der Waals surface area contributed by atoms with Gasteiger partial charge in [-0.3, -0.25) is 0 Å². The third-order valence-electron chi connectivity index (χ3n) is 4.58. The number of fused-ring (bicyclic) bond motifs is 1. The van der Waals surface area contributed by atoms with Crippen LogP contribution in [0, 0.1) is 0 Å². The predicted molar refractivity (Wildman–Crippen MR) is 75.8 cm³/mol. The second-order valence-electron chi connectivity index (χ2n) is 5.84. The van der Waals surface area contributed by atoms with Gasteiger partial charge in [-0.15, -0.1) is 0 Å². The van der Waals surface area contributed by atoms with Gasteiger partial charge in [-0.1, -0.05) is 0 Å². The first kappa shape index (κ1) is 13.2. The lowest BCUT2D eigenvalue weighted by Crippen LogP contribution is -2.37. The van der Waals surface area contributed by atoms with Crippen LogP contribution >= 0.6 is 0 Å². The van der Waals surface area contributed by atoms with Gasteiger partial charge in [-0.25, -0.2) is 12.7 Å². The molecule has 1 N–H and O–H groups in total. The molecule has 2 aliphatic rings. The van der Waals surface area contributed by atoms with Crippen molar-refractivity contribution in [3.8, 4) is 0 Å². The van der Waals surface area contributed by atoms with Crippen LogP contribution in [0.5, 0.6) is 0 Å². The van der Waals surface area contributed by atoms with Crippen LogP contribution in [-0.2, 0) is 22.9 Å². The predicted octanol–water partition coefficient (Wildman–Crippen LogP) is 2.03. The number of H-pyrrole nitrogens is 1. The van der Waals surface area contributed by atoms with Crippen molar-refractivity contribution in [1.29, 1.82) is 0 Å². The summed E-state index contributed by atoms with van der Waals surface area (Å²) < 4.78 is 24.7. The molecule has 0 atom stereocenters. The minimum Gasteiger partial charge on any atom is -0.364 e. The van der Waals surface area contributed by atoms with E-state index in [0.29, 0.717) is 19.0 Å². The van der Waals surface area contributed by atoms with Gasteiger partial charge in [-0.2, -0.15) is 0 Å². The SMILES string of the molecule is CS(=O)(=O)N1CCC(c2c[nH]c3c2CCCC3)CC1. The van der Waals surface area contributed by atoms with Crippen molar-refractivity contribution in [2.24, 2.45) is 0 Å². The maximum absolute atomic E-state index is 11.5. The fraction of sp³-hybridized carbons (Fsp3) is 0.714. The van der Waals surface area contributed by atoms with E-state index in [1.807, 2.05) is 0 Å². The lowest BCUT2D eigenvalue weighted by atomic mass is 9.85. The number of nitrogens with zero attached hydrogens (tertiary/aromatic N) is 1. The molecule has 0 unspecified atom stereocenters. The Hall–Kier alpha value is -0.810. The van der Waals surface area contributed by atoms with Crippen LogP contribution in [0.15, 0.2) is 6.20 Å². The van der Waals surface area contributed by atoms with Crippen molar-refractivity contribution < 1.29 is 8.42 Å². The van der Waals surface area contributed by atoms with Crippen molar-refractivity contribution in [1.82, 2.24) is 9.29 Å². The molecule has 0 aromatic carbocycles. The van der Waals surface area contributed by atoms with E-state index in [0.717, 1.165) is 12.8 Å². The first-order chi connectivity index (χ1) is 9.05. The van der Waals surface area contributed by atoms with Crippen molar-refractivity contribution in [2.45, 2.75) is 44.4 Å². The van der Waals surface area contributed by atoms with Crippen LogP contribution in [0.4, 0.5) is 0 Å². The van der Waals surface area contributed by atoms with Gasteiger partial charge in [0.15, 0.2) is 0 Å². The normalized spacial score (nSPS) is 22.4. The van der Waals surface area contributed by atoms with Gasteiger partial charge >= 0.3 is 0 Å². The minimum absolute atomic E-state index is 0.538. The van der Waals surface area contributed by atoms with Crippen LogP contribution in [0.2, 0.25) is 0 Å². The molecule has 0 bridgehead atoms. The lowest BCUT2D eigenvalue weighted by Gasteiger charge is -2.30. The quantitative estimate of drug-likeness (QED) is 0.902. The summed E-state index contributed by atoms with van der Waals surface area (Å²) in [6.45, 7) is 1.34. The smallest absolute Gasteiger partial charge is 0.211 e. The van der Waals surface area contributed by atoms with Gasteiger partial charge in [0.05, 0.1) is 6.26 Å². The van der Waals surface area contributed by atoms with E-state index in [9.17, 15) is 8.42 Å². The summed E-state index contributed by atoms with van der Waals surface area (Å²) in [4.78, 5) is 3.43. The number of rotatable bonds is 2. The number of sulfonamides is 1. The molecule has 1 fully saturated rings. The molecule has 1 aromatic rings. The largest absolute Gasteiger partial charge is 0.364 e. The molecule has 0 radical (unpaired) electrons. The summed E-state index contributed by atoms with van der Waals surface area (Å²) in [6, 6.07) is 0. The number of aromatic amines is 1. The Morgan fingerprint density at radius 1 is 1.21 bits per heavy atom. The molecule has 2 heterocycles. The van der Waals surface area contributed by atoms with Crippen LogP contribution in [0.25, 0.3) is 0 Å². The third kappa shape index (κ3) is 2.58. The highest BCUT2D eigenvalue weighted by Gasteiger charge is 2.28. The Labute approximate surface area is 115 Å². The summed E-state index contributed by atoms with van der Waals surface area (Å²) in [5, 5.41) is 0. The molecule has 0 amide bonds. The van der Waals surface area contributed by atoms with E-state index in [4.69, 9.17) is 0 Å². The molecule has 1 aromatic heterocycles. The number of aromatic nitrogens is 1. The zero-order valence-corrected chi connectivity index (χ0v) is 12.3. The molecule has 1 saturated heterocycles. The average Bonchev–Trinajstić information content (AvgIpc) is 2.82. The maximum Gasteiger partial charge on any atom is 0.211 e. The zero-order chi connectivity index (χ0) is 13.5. The maximum atomic E-state index is 11.5. The van der Waals surface area contributed by atoms with Crippen LogP contribution < -0.4 is 0 Å². The molecule has 106 valence electrons. The number of hydrogen-bond donors (Lipinski definition) is 1. The Bertz CT molecular complexity index is 554. The standard InChI is InChI=1S/C14H22N2O2S/c1-19(17,18)16-8-6-11(7-9-16)13-10-15-14-5-3-2-4-12(13)14/h10-11,15H,2-9H2,1H3. The monoisotopic (exact) mass is 282 g/mol.